The van der Waals surface area contributed by atoms with E-state index >= 15 is 0 Å². The minimum absolute atomic E-state index is 0.0655. The second-order valence-corrected chi connectivity index (χ2v) is 8.54. The van der Waals surface area contributed by atoms with Gasteiger partial charge in [-0.15, -0.1) is 0 Å². The highest BCUT2D eigenvalue weighted by Gasteiger charge is 2.00. The van der Waals surface area contributed by atoms with Crippen molar-refractivity contribution in [3.8, 4) is 0 Å². The van der Waals surface area contributed by atoms with Crippen LogP contribution in [0.25, 0.3) is 0 Å². The molecule has 1 N–H and O–H groups in total. The maximum absolute atomic E-state index is 11.0. The van der Waals surface area contributed by atoms with E-state index in [9.17, 15) is 9.90 Å². The molecule has 0 amide bonds. The summed E-state index contributed by atoms with van der Waals surface area (Å²) in [5.41, 5.74) is 0. The van der Waals surface area contributed by atoms with Gasteiger partial charge in [-0.1, -0.05) is 116 Å². The van der Waals surface area contributed by atoms with Crippen LogP contribution in [-0.4, -0.2) is 24.3 Å². The molecule has 0 saturated heterocycles. The molecule has 0 spiro atoms. The lowest BCUT2D eigenvalue weighted by Gasteiger charge is -2.06. The fourth-order valence-electron chi connectivity index (χ4n) is 3.78. The highest BCUT2D eigenvalue weighted by atomic mass is 16.5. The van der Waals surface area contributed by atoms with Gasteiger partial charge in [-0.05, 0) is 19.3 Å². The molecule has 0 bridgehead atoms. The number of methoxy groups -OCH3 is 1. The highest BCUT2D eigenvalue weighted by Crippen LogP contribution is 2.15. The molecule has 168 valence electrons. The Balaban J connectivity index is 3.04. The van der Waals surface area contributed by atoms with Crippen molar-refractivity contribution in [3.63, 3.8) is 0 Å². The summed E-state index contributed by atoms with van der Waals surface area (Å²) >= 11 is 0. The third-order valence-corrected chi connectivity index (χ3v) is 5.87. The lowest BCUT2D eigenvalue weighted by atomic mass is 10.0. The Morgan fingerprint density at radius 1 is 0.643 bits per heavy atom. The Labute approximate surface area is 176 Å². The molecule has 0 rings (SSSR count). The summed E-state index contributed by atoms with van der Waals surface area (Å²) in [5, 5.41) is 9.51. The number of carbonyl (C=O) groups is 1. The standard InChI is InChI=1S/C25H50O3/c1-3-24(26)22-20-18-16-14-12-10-8-6-4-5-7-9-11-13-15-17-19-21-23-25(27)28-2/h24,26H,3-23H2,1-2H3. The molecule has 0 aliphatic carbocycles. The molecule has 0 aromatic carbocycles. The summed E-state index contributed by atoms with van der Waals surface area (Å²) in [4.78, 5) is 11.0. The van der Waals surface area contributed by atoms with Crippen molar-refractivity contribution in [1.29, 1.82) is 0 Å². The van der Waals surface area contributed by atoms with E-state index in [1.165, 1.54) is 110 Å². The van der Waals surface area contributed by atoms with Crippen LogP contribution in [0.1, 0.15) is 142 Å². The van der Waals surface area contributed by atoms with E-state index < -0.39 is 0 Å². The molecule has 0 aliphatic heterocycles. The SMILES string of the molecule is CCC(O)CCCCCCCCCCCCCCCCCCCCC(=O)OC. The second kappa shape index (κ2) is 22.7. The van der Waals surface area contributed by atoms with E-state index in [0.717, 1.165) is 25.7 Å². The molecule has 28 heavy (non-hydrogen) atoms. The number of ether oxygens (including phenoxy) is 1. The predicted molar refractivity (Wildman–Crippen MR) is 121 cm³/mol. The summed E-state index contributed by atoms with van der Waals surface area (Å²) < 4.78 is 4.65. The van der Waals surface area contributed by atoms with E-state index in [1.807, 2.05) is 0 Å². The predicted octanol–water partition coefficient (Wildman–Crippen LogP) is 7.73. The minimum Gasteiger partial charge on any atom is -0.469 e. The van der Waals surface area contributed by atoms with Gasteiger partial charge in [-0.2, -0.15) is 0 Å². The number of esters is 1. The van der Waals surface area contributed by atoms with Gasteiger partial charge in [0.1, 0.15) is 0 Å². The topological polar surface area (TPSA) is 46.5 Å². The van der Waals surface area contributed by atoms with Crippen molar-refractivity contribution in [2.24, 2.45) is 0 Å². The Hall–Kier alpha value is -0.570. The lowest BCUT2D eigenvalue weighted by molar-refractivity contribution is -0.140. The van der Waals surface area contributed by atoms with Crippen LogP contribution in [0.3, 0.4) is 0 Å². The Morgan fingerprint density at radius 2 is 0.964 bits per heavy atom. The molecule has 0 heterocycles. The summed E-state index contributed by atoms with van der Waals surface area (Å²) in [5.74, 6) is -0.0701. The van der Waals surface area contributed by atoms with Gasteiger partial charge < -0.3 is 9.84 Å². The zero-order chi connectivity index (χ0) is 20.7. The van der Waals surface area contributed by atoms with E-state index in [0.29, 0.717) is 6.42 Å². The molecule has 3 nitrogen and oxygen atoms in total. The van der Waals surface area contributed by atoms with Crippen molar-refractivity contribution >= 4 is 5.97 Å². The number of aliphatic hydroxyl groups is 1. The van der Waals surface area contributed by atoms with Crippen LogP contribution in [0.15, 0.2) is 0 Å². The van der Waals surface area contributed by atoms with Crippen LogP contribution in [0, 0.1) is 0 Å². The first-order valence-electron chi connectivity index (χ1n) is 12.5. The van der Waals surface area contributed by atoms with Gasteiger partial charge in [0.25, 0.3) is 0 Å². The van der Waals surface area contributed by atoms with Crippen molar-refractivity contribution in [1.82, 2.24) is 0 Å². The maximum Gasteiger partial charge on any atom is 0.305 e. The zero-order valence-electron chi connectivity index (χ0n) is 19.2. The fraction of sp³-hybridized carbons (Fsp3) is 0.960. The summed E-state index contributed by atoms with van der Waals surface area (Å²) in [7, 11) is 1.47. The first-order valence-corrected chi connectivity index (χ1v) is 12.5. The minimum atomic E-state index is -0.0701. The average molecular weight is 399 g/mol. The first-order chi connectivity index (χ1) is 13.7. The number of carbonyl (C=O) groups excluding carboxylic acids is 1. The van der Waals surface area contributed by atoms with Gasteiger partial charge >= 0.3 is 5.97 Å². The fourth-order valence-corrected chi connectivity index (χ4v) is 3.78. The van der Waals surface area contributed by atoms with E-state index in [2.05, 4.69) is 11.7 Å². The number of hydrogen-bond donors (Lipinski definition) is 1. The van der Waals surface area contributed by atoms with Crippen LogP contribution in [0.4, 0.5) is 0 Å². The van der Waals surface area contributed by atoms with Gasteiger partial charge in [-0.3, -0.25) is 4.79 Å². The molecule has 1 atom stereocenters. The second-order valence-electron chi connectivity index (χ2n) is 8.54. The van der Waals surface area contributed by atoms with E-state index in [-0.39, 0.29) is 12.1 Å². The molecular formula is C25H50O3. The molecule has 1 unspecified atom stereocenters. The molecule has 0 aromatic rings. The first kappa shape index (κ1) is 27.4. The van der Waals surface area contributed by atoms with Crippen LogP contribution in [-0.2, 0) is 9.53 Å². The number of aliphatic hydroxyl groups excluding tert-OH is 1. The number of unbranched alkanes of at least 4 members (excludes halogenated alkanes) is 17. The van der Waals surface area contributed by atoms with Crippen LogP contribution in [0.5, 0.6) is 0 Å². The van der Waals surface area contributed by atoms with E-state index in [4.69, 9.17) is 0 Å². The quantitative estimate of drug-likeness (QED) is 0.150. The molecule has 3 heteroatoms. The summed E-state index contributed by atoms with van der Waals surface area (Å²) in [6.07, 6.45) is 26.4. The normalized spacial score (nSPS) is 12.2. The van der Waals surface area contributed by atoms with Crippen LogP contribution < -0.4 is 0 Å². The van der Waals surface area contributed by atoms with Gasteiger partial charge in [0, 0.05) is 6.42 Å². The molecule has 0 saturated carbocycles. The van der Waals surface area contributed by atoms with Gasteiger partial charge in [-0.25, -0.2) is 0 Å². The van der Waals surface area contributed by atoms with Crippen molar-refractivity contribution in [3.05, 3.63) is 0 Å². The third-order valence-electron chi connectivity index (χ3n) is 5.87. The summed E-state index contributed by atoms with van der Waals surface area (Å²) in [6, 6.07) is 0. The van der Waals surface area contributed by atoms with Gasteiger partial charge in [0.05, 0.1) is 13.2 Å². The van der Waals surface area contributed by atoms with E-state index in [1.54, 1.807) is 0 Å². The Kier molecular flexibility index (Phi) is 22.3. The smallest absolute Gasteiger partial charge is 0.305 e. The average Bonchev–Trinajstić information content (AvgIpc) is 2.71. The zero-order valence-corrected chi connectivity index (χ0v) is 19.2. The van der Waals surface area contributed by atoms with Crippen LogP contribution >= 0.6 is 0 Å². The Bertz CT molecular complexity index is 317. The lowest BCUT2D eigenvalue weighted by Crippen LogP contribution is -2.03. The van der Waals surface area contributed by atoms with Crippen LogP contribution in [0.2, 0.25) is 0 Å². The molecule has 0 aliphatic rings. The maximum atomic E-state index is 11.0. The Morgan fingerprint density at radius 3 is 1.29 bits per heavy atom. The third kappa shape index (κ3) is 21.7. The molecule has 0 fully saturated rings. The number of hydrogen-bond acceptors (Lipinski definition) is 3. The monoisotopic (exact) mass is 398 g/mol. The molecule has 0 radical (unpaired) electrons. The van der Waals surface area contributed by atoms with Gasteiger partial charge in [0.15, 0.2) is 0 Å². The molecule has 0 aromatic heterocycles. The van der Waals surface area contributed by atoms with Crippen molar-refractivity contribution in [2.75, 3.05) is 7.11 Å². The highest BCUT2D eigenvalue weighted by molar-refractivity contribution is 5.68. The summed E-state index contributed by atoms with van der Waals surface area (Å²) in [6.45, 7) is 2.06. The number of rotatable bonds is 22. The molecular weight excluding hydrogens is 348 g/mol. The van der Waals surface area contributed by atoms with Crippen molar-refractivity contribution < 1.29 is 14.6 Å². The largest absolute Gasteiger partial charge is 0.469 e. The van der Waals surface area contributed by atoms with Gasteiger partial charge in [0.2, 0.25) is 0 Å². The van der Waals surface area contributed by atoms with Crippen molar-refractivity contribution in [2.45, 2.75) is 148 Å².